The number of nitrogens with two attached hydrogens (primary N) is 1. The summed E-state index contributed by atoms with van der Waals surface area (Å²) in [7, 11) is 0. The van der Waals surface area contributed by atoms with Gasteiger partial charge in [0, 0.05) is 17.4 Å². The summed E-state index contributed by atoms with van der Waals surface area (Å²) in [5.74, 6) is 5.28. The Bertz CT molecular complexity index is 659. The van der Waals surface area contributed by atoms with Gasteiger partial charge in [-0.2, -0.15) is 0 Å². The fourth-order valence-corrected chi connectivity index (χ4v) is 2.71. The molecule has 2 aromatic carbocycles. The van der Waals surface area contributed by atoms with Gasteiger partial charge in [0.2, 0.25) is 0 Å². The summed E-state index contributed by atoms with van der Waals surface area (Å²) in [6, 6.07) is 13.5. The second kappa shape index (κ2) is 6.87. The monoisotopic (exact) mass is 303 g/mol. The number of nitrogen functional groups attached to an aromatic ring is 1. The number of nitro groups is 1. The maximum Gasteiger partial charge on any atom is 0.282 e. The summed E-state index contributed by atoms with van der Waals surface area (Å²) in [6.07, 6.45) is 0. The molecule has 108 valence electrons. The number of nitrogens with one attached hydrogen (secondary N) is 1. The van der Waals surface area contributed by atoms with E-state index in [1.807, 2.05) is 0 Å². The first kappa shape index (κ1) is 15.0. The molecule has 21 heavy (non-hydrogen) atoms. The Morgan fingerprint density at radius 3 is 2.48 bits per heavy atom. The Labute approximate surface area is 125 Å². The van der Waals surface area contributed by atoms with Crippen molar-refractivity contribution in [2.24, 2.45) is 5.84 Å². The Morgan fingerprint density at radius 1 is 1.19 bits per heavy atom. The molecule has 0 aromatic heterocycles. The van der Waals surface area contributed by atoms with Gasteiger partial charge in [-0.3, -0.25) is 20.3 Å². The number of nitro benzene ring substituents is 1. The van der Waals surface area contributed by atoms with E-state index < -0.39 is 4.92 Å². The molecule has 7 heteroatoms. The van der Waals surface area contributed by atoms with Gasteiger partial charge in [-0.05, 0) is 23.8 Å². The maximum atomic E-state index is 11.3. The minimum atomic E-state index is -0.392. The van der Waals surface area contributed by atoms with Crippen LogP contribution >= 0.6 is 11.8 Å². The second-order valence-corrected chi connectivity index (χ2v) is 5.20. The highest BCUT2D eigenvalue weighted by Gasteiger charge is 2.12. The van der Waals surface area contributed by atoms with Crippen molar-refractivity contribution in [2.45, 2.75) is 10.6 Å². The summed E-state index contributed by atoms with van der Waals surface area (Å²) in [5, 5.41) is 10.9. The van der Waals surface area contributed by atoms with Crippen molar-refractivity contribution in [3.05, 3.63) is 69.8 Å². The Kier molecular flexibility index (Phi) is 4.91. The molecular formula is C14H13N3O3S. The minimum absolute atomic E-state index is 0.0987. The van der Waals surface area contributed by atoms with Gasteiger partial charge < -0.3 is 0 Å². The molecule has 0 unspecified atom stereocenters. The van der Waals surface area contributed by atoms with Crippen molar-refractivity contribution in [1.82, 2.24) is 5.43 Å². The SMILES string of the molecule is NNC(=O)c1ccc(CSc2ccccc2[N+](=O)[O-])cc1. The van der Waals surface area contributed by atoms with Crippen LogP contribution in [-0.4, -0.2) is 10.8 Å². The number of benzene rings is 2. The van der Waals surface area contributed by atoms with E-state index in [4.69, 9.17) is 5.84 Å². The first-order chi connectivity index (χ1) is 10.1. The summed E-state index contributed by atoms with van der Waals surface area (Å²) < 4.78 is 0. The van der Waals surface area contributed by atoms with Crippen molar-refractivity contribution >= 4 is 23.4 Å². The average molecular weight is 303 g/mol. The number of rotatable bonds is 5. The van der Waals surface area contributed by atoms with Crippen LogP contribution in [0.25, 0.3) is 0 Å². The smallest absolute Gasteiger partial charge is 0.282 e. The standard InChI is InChI=1S/C14H13N3O3S/c15-16-14(18)11-7-5-10(6-8-11)9-21-13-4-2-1-3-12(13)17(19)20/h1-8H,9,15H2,(H,16,18). The van der Waals surface area contributed by atoms with Crippen LogP contribution in [-0.2, 0) is 5.75 Å². The molecular weight excluding hydrogens is 290 g/mol. The predicted molar refractivity (Wildman–Crippen MR) is 80.8 cm³/mol. The van der Waals surface area contributed by atoms with E-state index in [9.17, 15) is 14.9 Å². The summed E-state index contributed by atoms with van der Waals surface area (Å²) >= 11 is 1.38. The van der Waals surface area contributed by atoms with Crippen molar-refractivity contribution in [3.63, 3.8) is 0 Å². The largest absolute Gasteiger partial charge is 0.290 e. The van der Waals surface area contributed by atoms with Crippen molar-refractivity contribution in [2.75, 3.05) is 0 Å². The van der Waals surface area contributed by atoms with Crippen molar-refractivity contribution in [1.29, 1.82) is 0 Å². The first-order valence-corrected chi connectivity index (χ1v) is 7.06. The van der Waals surface area contributed by atoms with Crippen LogP contribution < -0.4 is 11.3 Å². The van der Waals surface area contributed by atoms with E-state index in [1.165, 1.54) is 17.8 Å². The van der Waals surface area contributed by atoms with Crippen LogP contribution in [0, 0.1) is 10.1 Å². The van der Waals surface area contributed by atoms with E-state index in [0.29, 0.717) is 16.2 Å². The van der Waals surface area contributed by atoms with E-state index >= 15 is 0 Å². The van der Waals surface area contributed by atoms with Gasteiger partial charge in [-0.1, -0.05) is 24.3 Å². The van der Waals surface area contributed by atoms with Crippen LogP contribution in [0.5, 0.6) is 0 Å². The molecule has 0 aliphatic heterocycles. The summed E-state index contributed by atoms with van der Waals surface area (Å²) in [5.41, 5.74) is 3.59. The molecule has 0 aliphatic rings. The highest BCUT2D eigenvalue weighted by Crippen LogP contribution is 2.31. The number of carbonyl (C=O) groups excluding carboxylic acids is 1. The third kappa shape index (κ3) is 3.80. The number of para-hydroxylation sites is 1. The third-order valence-corrected chi connectivity index (χ3v) is 3.94. The van der Waals surface area contributed by atoms with E-state index in [2.05, 4.69) is 5.43 Å². The molecule has 6 nitrogen and oxygen atoms in total. The molecule has 0 fully saturated rings. The molecule has 0 heterocycles. The molecule has 1 amide bonds. The summed E-state index contributed by atoms with van der Waals surface area (Å²) in [6.45, 7) is 0. The zero-order valence-electron chi connectivity index (χ0n) is 11.0. The van der Waals surface area contributed by atoms with Gasteiger partial charge in [0.05, 0.1) is 9.82 Å². The van der Waals surface area contributed by atoms with Gasteiger partial charge >= 0.3 is 0 Å². The lowest BCUT2D eigenvalue weighted by molar-refractivity contribution is -0.387. The number of hydrogen-bond acceptors (Lipinski definition) is 5. The van der Waals surface area contributed by atoms with E-state index in [1.54, 1.807) is 42.5 Å². The molecule has 0 saturated carbocycles. The molecule has 0 aliphatic carbocycles. The van der Waals surface area contributed by atoms with E-state index in [0.717, 1.165) is 5.56 Å². The molecule has 2 aromatic rings. The lowest BCUT2D eigenvalue weighted by Crippen LogP contribution is -2.29. The first-order valence-electron chi connectivity index (χ1n) is 6.08. The second-order valence-electron chi connectivity index (χ2n) is 4.18. The van der Waals surface area contributed by atoms with Crippen molar-refractivity contribution in [3.8, 4) is 0 Å². The zero-order valence-corrected chi connectivity index (χ0v) is 11.8. The van der Waals surface area contributed by atoms with Crippen LogP contribution in [0.3, 0.4) is 0 Å². The molecule has 0 atom stereocenters. The third-order valence-electron chi connectivity index (χ3n) is 2.80. The van der Waals surface area contributed by atoms with Gasteiger partial charge in [-0.15, -0.1) is 11.8 Å². The Balaban J connectivity index is 2.07. The molecule has 0 saturated heterocycles. The highest BCUT2D eigenvalue weighted by molar-refractivity contribution is 7.98. The quantitative estimate of drug-likeness (QED) is 0.291. The molecule has 0 bridgehead atoms. The number of hydrogen-bond donors (Lipinski definition) is 2. The molecule has 2 rings (SSSR count). The Morgan fingerprint density at radius 2 is 1.86 bits per heavy atom. The maximum absolute atomic E-state index is 11.3. The van der Waals surface area contributed by atoms with Gasteiger partial charge in [0.1, 0.15) is 0 Å². The lowest BCUT2D eigenvalue weighted by Gasteiger charge is -2.04. The van der Waals surface area contributed by atoms with Gasteiger partial charge in [0.25, 0.3) is 11.6 Å². The Hall–Kier alpha value is -2.38. The number of hydrazine groups is 1. The fourth-order valence-electron chi connectivity index (χ4n) is 1.73. The van der Waals surface area contributed by atoms with Crippen LogP contribution in [0.4, 0.5) is 5.69 Å². The highest BCUT2D eigenvalue weighted by atomic mass is 32.2. The van der Waals surface area contributed by atoms with Crippen LogP contribution in [0.15, 0.2) is 53.4 Å². The van der Waals surface area contributed by atoms with Gasteiger partial charge in [0.15, 0.2) is 0 Å². The van der Waals surface area contributed by atoms with Crippen molar-refractivity contribution < 1.29 is 9.72 Å². The average Bonchev–Trinajstić information content (AvgIpc) is 2.52. The van der Waals surface area contributed by atoms with Crippen LogP contribution in [0.2, 0.25) is 0 Å². The number of thioether (sulfide) groups is 1. The minimum Gasteiger partial charge on any atom is -0.290 e. The number of nitrogens with zero attached hydrogens (tertiary/aromatic N) is 1. The number of carbonyl (C=O) groups is 1. The molecule has 0 radical (unpaired) electrons. The van der Waals surface area contributed by atoms with Crippen LogP contribution in [0.1, 0.15) is 15.9 Å². The topological polar surface area (TPSA) is 98.3 Å². The lowest BCUT2D eigenvalue weighted by atomic mass is 10.1. The molecule has 3 N–H and O–H groups in total. The van der Waals surface area contributed by atoms with Gasteiger partial charge in [-0.25, -0.2) is 5.84 Å². The van der Waals surface area contributed by atoms with E-state index in [-0.39, 0.29) is 11.6 Å². The number of amides is 1. The fraction of sp³-hybridized carbons (Fsp3) is 0.0714. The molecule has 0 spiro atoms. The zero-order chi connectivity index (χ0) is 15.2. The normalized spacial score (nSPS) is 10.1. The predicted octanol–water partition coefficient (Wildman–Crippen LogP) is 2.49. The summed E-state index contributed by atoms with van der Waals surface area (Å²) in [4.78, 5) is 22.5.